The number of likely N-dealkylation sites (tertiary alicyclic amines) is 1. The number of amides is 1. The van der Waals surface area contributed by atoms with E-state index in [0.717, 1.165) is 44.3 Å². The normalized spacial score (nSPS) is 21.8. The van der Waals surface area contributed by atoms with Crippen molar-refractivity contribution < 1.29 is 4.79 Å². The Bertz CT molecular complexity index is 762. The van der Waals surface area contributed by atoms with Gasteiger partial charge in [0.15, 0.2) is 0 Å². The summed E-state index contributed by atoms with van der Waals surface area (Å²) in [7, 11) is 0. The number of carbonyl (C=O) groups excluding carboxylic acids is 1. The average Bonchev–Trinajstić information content (AvgIpc) is 3.30. The molecule has 2 fully saturated rings. The molecule has 1 aromatic carbocycles. The molecular weight excluding hydrogens is 312 g/mol. The topological polar surface area (TPSA) is 50.2 Å². The first-order chi connectivity index (χ1) is 12.1. The standard InChI is InChI=1S/C20H28N4O/c1-14(2)24-18-8-4-3-7-17(18)22-20(24)15-6-5-11-23(12-15)13-19(25)21-16-9-10-16/h3-4,7-8,14-16H,5-6,9-13H2,1-2H3,(H,21,25)/t15-/m1/s1. The van der Waals surface area contributed by atoms with Gasteiger partial charge in [-0.2, -0.15) is 0 Å². The second-order valence-electron chi connectivity index (χ2n) is 7.84. The Morgan fingerprint density at radius 3 is 2.84 bits per heavy atom. The fourth-order valence-corrected chi connectivity index (χ4v) is 4.01. The largest absolute Gasteiger partial charge is 0.352 e. The number of imidazole rings is 1. The Kier molecular flexibility index (Phi) is 4.50. The third-order valence-corrected chi connectivity index (χ3v) is 5.32. The lowest BCUT2D eigenvalue weighted by Crippen LogP contribution is -2.43. The van der Waals surface area contributed by atoms with Crippen molar-refractivity contribution in [2.75, 3.05) is 19.6 Å². The number of rotatable bonds is 5. The number of nitrogens with one attached hydrogen (secondary N) is 1. The second kappa shape index (κ2) is 6.79. The maximum Gasteiger partial charge on any atom is 0.234 e. The summed E-state index contributed by atoms with van der Waals surface area (Å²) < 4.78 is 2.38. The van der Waals surface area contributed by atoms with E-state index in [9.17, 15) is 4.79 Å². The molecule has 1 amide bonds. The second-order valence-corrected chi connectivity index (χ2v) is 7.84. The molecule has 1 N–H and O–H groups in total. The van der Waals surface area contributed by atoms with E-state index in [1.807, 2.05) is 0 Å². The number of carbonyl (C=O) groups is 1. The van der Waals surface area contributed by atoms with Gasteiger partial charge in [0.05, 0.1) is 17.6 Å². The molecule has 5 nitrogen and oxygen atoms in total. The average molecular weight is 340 g/mol. The van der Waals surface area contributed by atoms with Crippen molar-refractivity contribution in [3.8, 4) is 0 Å². The Morgan fingerprint density at radius 2 is 2.08 bits per heavy atom. The van der Waals surface area contributed by atoms with E-state index in [0.29, 0.717) is 24.5 Å². The van der Waals surface area contributed by atoms with Gasteiger partial charge < -0.3 is 9.88 Å². The zero-order valence-corrected chi connectivity index (χ0v) is 15.2. The Labute approximate surface area is 149 Å². The lowest BCUT2D eigenvalue weighted by atomic mass is 9.97. The molecule has 5 heteroatoms. The lowest BCUT2D eigenvalue weighted by molar-refractivity contribution is -0.122. The molecule has 2 aromatic rings. The van der Waals surface area contributed by atoms with Crippen molar-refractivity contribution in [3.63, 3.8) is 0 Å². The summed E-state index contributed by atoms with van der Waals surface area (Å²) in [5, 5.41) is 3.11. The molecule has 0 spiro atoms. The van der Waals surface area contributed by atoms with Crippen molar-refractivity contribution in [3.05, 3.63) is 30.1 Å². The van der Waals surface area contributed by atoms with E-state index < -0.39 is 0 Å². The van der Waals surface area contributed by atoms with Crippen LogP contribution in [0.5, 0.6) is 0 Å². The number of fused-ring (bicyclic) bond motifs is 1. The van der Waals surface area contributed by atoms with Crippen LogP contribution in [0.4, 0.5) is 0 Å². The van der Waals surface area contributed by atoms with E-state index in [1.165, 1.54) is 11.3 Å². The summed E-state index contributed by atoms with van der Waals surface area (Å²) in [5.74, 6) is 1.77. The summed E-state index contributed by atoms with van der Waals surface area (Å²) in [5.41, 5.74) is 2.30. The highest BCUT2D eigenvalue weighted by molar-refractivity contribution is 5.78. The molecule has 0 bridgehead atoms. The summed E-state index contributed by atoms with van der Waals surface area (Å²) in [4.78, 5) is 19.4. The van der Waals surface area contributed by atoms with E-state index in [4.69, 9.17) is 4.98 Å². The van der Waals surface area contributed by atoms with E-state index in [-0.39, 0.29) is 5.91 Å². The lowest BCUT2D eigenvalue weighted by Gasteiger charge is -2.32. The van der Waals surface area contributed by atoms with Crippen LogP contribution >= 0.6 is 0 Å². The fourth-order valence-electron chi connectivity index (χ4n) is 4.01. The van der Waals surface area contributed by atoms with Crippen molar-refractivity contribution >= 4 is 16.9 Å². The van der Waals surface area contributed by atoms with Crippen LogP contribution in [0, 0.1) is 0 Å². The highest BCUT2D eigenvalue weighted by Gasteiger charge is 2.29. The van der Waals surface area contributed by atoms with Crippen molar-refractivity contribution in [1.82, 2.24) is 19.8 Å². The number of aromatic nitrogens is 2. The number of hydrogen-bond acceptors (Lipinski definition) is 3. The minimum Gasteiger partial charge on any atom is -0.352 e. The fraction of sp³-hybridized carbons (Fsp3) is 0.600. The van der Waals surface area contributed by atoms with Gasteiger partial charge in [-0.05, 0) is 58.2 Å². The zero-order chi connectivity index (χ0) is 17.4. The Morgan fingerprint density at radius 1 is 1.28 bits per heavy atom. The Hall–Kier alpha value is -1.88. The van der Waals surface area contributed by atoms with Gasteiger partial charge in [-0.1, -0.05) is 12.1 Å². The molecule has 0 radical (unpaired) electrons. The molecule has 1 saturated carbocycles. The summed E-state index contributed by atoms with van der Waals surface area (Å²) >= 11 is 0. The number of benzene rings is 1. The summed E-state index contributed by atoms with van der Waals surface area (Å²) in [6, 6.07) is 9.23. The highest BCUT2D eigenvalue weighted by atomic mass is 16.2. The number of nitrogens with zero attached hydrogens (tertiary/aromatic N) is 3. The molecule has 2 heterocycles. The first kappa shape index (κ1) is 16.6. The summed E-state index contributed by atoms with van der Waals surface area (Å²) in [6.07, 6.45) is 4.57. The van der Waals surface area contributed by atoms with Gasteiger partial charge in [-0.3, -0.25) is 9.69 Å². The van der Waals surface area contributed by atoms with Gasteiger partial charge >= 0.3 is 0 Å². The molecule has 1 atom stereocenters. The molecule has 134 valence electrons. The van der Waals surface area contributed by atoms with Gasteiger partial charge in [0.25, 0.3) is 0 Å². The van der Waals surface area contributed by atoms with Crippen molar-refractivity contribution in [2.45, 2.75) is 57.5 Å². The van der Waals surface area contributed by atoms with E-state index in [2.05, 4.69) is 52.9 Å². The smallest absolute Gasteiger partial charge is 0.234 e. The number of piperidine rings is 1. The van der Waals surface area contributed by atoms with Crippen LogP contribution in [-0.4, -0.2) is 46.0 Å². The van der Waals surface area contributed by atoms with Crippen LogP contribution in [-0.2, 0) is 4.79 Å². The summed E-state index contributed by atoms with van der Waals surface area (Å²) in [6.45, 7) is 6.90. The monoisotopic (exact) mass is 340 g/mol. The highest BCUT2D eigenvalue weighted by Crippen LogP contribution is 2.31. The first-order valence-electron chi connectivity index (χ1n) is 9.60. The van der Waals surface area contributed by atoms with Crippen molar-refractivity contribution in [2.24, 2.45) is 0 Å². The molecular formula is C20H28N4O. The van der Waals surface area contributed by atoms with Crippen LogP contribution in [0.2, 0.25) is 0 Å². The van der Waals surface area contributed by atoms with Gasteiger partial charge in [0, 0.05) is 24.5 Å². The van der Waals surface area contributed by atoms with E-state index >= 15 is 0 Å². The van der Waals surface area contributed by atoms with E-state index in [1.54, 1.807) is 0 Å². The third kappa shape index (κ3) is 3.56. The molecule has 25 heavy (non-hydrogen) atoms. The van der Waals surface area contributed by atoms with Crippen LogP contribution in [0.25, 0.3) is 11.0 Å². The van der Waals surface area contributed by atoms with Crippen LogP contribution in [0.15, 0.2) is 24.3 Å². The maximum absolute atomic E-state index is 12.1. The molecule has 1 aliphatic heterocycles. The molecule has 1 aliphatic carbocycles. The molecule has 0 unspecified atom stereocenters. The van der Waals surface area contributed by atoms with Gasteiger partial charge in [-0.15, -0.1) is 0 Å². The number of hydrogen-bond donors (Lipinski definition) is 1. The van der Waals surface area contributed by atoms with Crippen LogP contribution < -0.4 is 5.32 Å². The molecule has 1 saturated heterocycles. The third-order valence-electron chi connectivity index (χ3n) is 5.32. The molecule has 2 aliphatic rings. The van der Waals surface area contributed by atoms with Gasteiger partial charge in [0.2, 0.25) is 5.91 Å². The van der Waals surface area contributed by atoms with Crippen LogP contribution in [0.3, 0.4) is 0 Å². The predicted octanol–water partition coefficient (Wildman–Crippen LogP) is 3.08. The number of para-hydroxylation sites is 2. The van der Waals surface area contributed by atoms with Crippen molar-refractivity contribution in [1.29, 1.82) is 0 Å². The minimum atomic E-state index is 0.181. The molecule has 4 rings (SSSR count). The van der Waals surface area contributed by atoms with Gasteiger partial charge in [0.1, 0.15) is 5.82 Å². The zero-order valence-electron chi connectivity index (χ0n) is 15.2. The molecule has 1 aromatic heterocycles. The quantitative estimate of drug-likeness (QED) is 0.910. The van der Waals surface area contributed by atoms with Gasteiger partial charge in [-0.25, -0.2) is 4.98 Å². The first-order valence-corrected chi connectivity index (χ1v) is 9.60. The predicted molar refractivity (Wildman–Crippen MR) is 99.7 cm³/mol. The minimum absolute atomic E-state index is 0.181. The van der Waals surface area contributed by atoms with Crippen LogP contribution in [0.1, 0.15) is 57.3 Å². The Balaban J connectivity index is 1.53. The SMILES string of the molecule is CC(C)n1c([C@@H]2CCCN(CC(=O)NC3CC3)C2)nc2ccccc21. The maximum atomic E-state index is 12.1.